The van der Waals surface area contributed by atoms with Gasteiger partial charge in [-0.2, -0.15) is 0 Å². The van der Waals surface area contributed by atoms with Crippen molar-refractivity contribution in [2.45, 2.75) is 90.6 Å². The Balaban J connectivity index is 2.90. The second-order valence-electron chi connectivity index (χ2n) is 8.78. The fraction of sp³-hybridized carbons (Fsp3) is 0.810. The third-order valence-corrected chi connectivity index (χ3v) is 5.55. The largest absolute Gasteiger partial charge is 0.480 e. The van der Waals surface area contributed by atoms with E-state index in [1.54, 1.807) is 0 Å². The minimum absolute atomic E-state index is 0.0233. The second-order valence-corrected chi connectivity index (χ2v) is 8.78. The van der Waals surface area contributed by atoms with Crippen LogP contribution in [0.25, 0.3) is 0 Å². The third kappa shape index (κ3) is 8.45. The maximum absolute atomic E-state index is 13.0. The standard InChI is InChI=1S/C21H38N4O6/c1-6-12(4)16(24-18(27)14-8-7-9-22-14)19(28)25-17(13(5)26)20(29)23-15(21(30)31)10-11(2)3/h11-17,22,26H,6-10H2,1-5H3,(H,23,29)(H,24,27)(H,25,28)(H,30,31). The summed E-state index contributed by atoms with van der Waals surface area (Å²) in [5, 5.41) is 30.2. The summed E-state index contributed by atoms with van der Waals surface area (Å²) < 4.78 is 0. The number of carbonyl (C=O) groups is 4. The highest BCUT2D eigenvalue weighted by atomic mass is 16.4. The molecule has 0 aromatic heterocycles. The van der Waals surface area contributed by atoms with Crippen LogP contribution in [0.2, 0.25) is 0 Å². The first-order valence-electron chi connectivity index (χ1n) is 11.0. The van der Waals surface area contributed by atoms with Gasteiger partial charge in [0.25, 0.3) is 0 Å². The van der Waals surface area contributed by atoms with Gasteiger partial charge in [-0.1, -0.05) is 34.1 Å². The second kappa shape index (κ2) is 12.6. The van der Waals surface area contributed by atoms with E-state index in [0.29, 0.717) is 12.8 Å². The molecule has 0 radical (unpaired) electrons. The van der Waals surface area contributed by atoms with Crippen molar-refractivity contribution in [1.82, 2.24) is 21.3 Å². The lowest BCUT2D eigenvalue weighted by Gasteiger charge is -2.29. The minimum Gasteiger partial charge on any atom is -0.480 e. The van der Waals surface area contributed by atoms with Crippen LogP contribution >= 0.6 is 0 Å². The van der Waals surface area contributed by atoms with Crippen molar-refractivity contribution in [2.75, 3.05) is 6.54 Å². The fourth-order valence-electron chi connectivity index (χ4n) is 3.47. The van der Waals surface area contributed by atoms with Gasteiger partial charge < -0.3 is 31.5 Å². The van der Waals surface area contributed by atoms with E-state index in [1.807, 2.05) is 27.7 Å². The average molecular weight is 443 g/mol. The van der Waals surface area contributed by atoms with E-state index in [1.165, 1.54) is 6.92 Å². The van der Waals surface area contributed by atoms with E-state index in [0.717, 1.165) is 13.0 Å². The number of hydrogen-bond acceptors (Lipinski definition) is 6. The minimum atomic E-state index is -1.35. The molecule has 1 rings (SSSR count). The summed E-state index contributed by atoms with van der Waals surface area (Å²) in [5.74, 6) is -3.04. The van der Waals surface area contributed by atoms with Crippen LogP contribution in [0.3, 0.4) is 0 Å². The molecule has 0 bridgehead atoms. The van der Waals surface area contributed by atoms with Gasteiger partial charge in [0.1, 0.15) is 18.1 Å². The molecule has 1 saturated heterocycles. The molecule has 1 aliphatic rings. The predicted octanol–water partition coefficient (Wildman–Crippen LogP) is -0.250. The van der Waals surface area contributed by atoms with Crippen molar-refractivity contribution in [3.8, 4) is 0 Å². The Morgan fingerprint density at radius 3 is 2.06 bits per heavy atom. The third-order valence-electron chi connectivity index (χ3n) is 5.55. The monoisotopic (exact) mass is 442 g/mol. The Labute approximate surface area is 183 Å². The van der Waals surface area contributed by atoms with E-state index in [9.17, 15) is 29.4 Å². The summed E-state index contributed by atoms with van der Waals surface area (Å²) in [6, 6.07) is -3.74. The van der Waals surface area contributed by atoms with Gasteiger partial charge in [-0.25, -0.2) is 4.79 Å². The Hall–Kier alpha value is -2.20. The van der Waals surface area contributed by atoms with Crippen molar-refractivity contribution < 1.29 is 29.4 Å². The van der Waals surface area contributed by atoms with Crippen molar-refractivity contribution in [3.63, 3.8) is 0 Å². The molecule has 6 unspecified atom stereocenters. The van der Waals surface area contributed by atoms with E-state index in [4.69, 9.17) is 0 Å². The molecule has 0 aromatic rings. The van der Waals surface area contributed by atoms with Crippen LogP contribution in [0, 0.1) is 11.8 Å². The maximum Gasteiger partial charge on any atom is 0.326 e. The van der Waals surface area contributed by atoms with Gasteiger partial charge in [0.15, 0.2) is 0 Å². The van der Waals surface area contributed by atoms with E-state index < -0.39 is 42.0 Å². The molecule has 0 aromatic carbocycles. The van der Waals surface area contributed by atoms with Crippen LogP contribution < -0.4 is 21.3 Å². The van der Waals surface area contributed by atoms with Crippen molar-refractivity contribution in [3.05, 3.63) is 0 Å². The summed E-state index contributed by atoms with van der Waals surface area (Å²) in [6.45, 7) is 9.43. The van der Waals surface area contributed by atoms with Crippen LogP contribution in [-0.4, -0.2) is 70.7 Å². The zero-order valence-electron chi connectivity index (χ0n) is 19.1. The van der Waals surface area contributed by atoms with Crippen LogP contribution in [0.15, 0.2) is 0 Å². The number of carboxylic acids is 1. The highest BCUT2D eigenvalue weighted by molar-refractivity contribution is 5.94. The number of nitrogens with one attached hydrogen (secondary N) is 4. The molecule has 1 heterocycles. The number of carboxylic acid groups (broad SMARTS) is 1. The predicted molar refractivity (Wildman–Crippen MR) is 115 cm³/mol. The molecule has 10 heteroatoms. The van der Waals surface area contributed by atoms with Gasteiger partial charge in [0.2, 0.25) is 17.7 Å². The Kier molecular flexibility index (Phi) is 10.9. The number of aliphatic hydroxyl groups excluding tert-OH is 1. The highest BCUT2D eigenvalue weighted by Crippen LogP contribution is 2.12. The van der Waals surface area contributed by atoms with Crippen molar-refractivity contribution in [1.29, 1.82) is 0 Å². The smallest absolute Gasteiger partial charge is 0.326 e. The molecule has 178 valence electrons. The van der Waals surface area contributed by atoms with Crippen molar-refractivity contribution >= 4 is 23.7 Å². The molecule has 1 aliphatic heterocycles. The lowest BCUT2D eigenvalue weighted by Crippen LogP contribution is -2.61. The summed E-state index contributed by atoms with van der Waals surface area (Å²) in [5.41, 5.74) is 0. The fourth-order valence-corrected chi connectivity index (χ4v) is 3.47. The number of hydrogen-bond donors (Lipinski definition) is 6. The van der Waals surface area contributed by atoms with Crippen LogP contribution in [-0.2, 0) is 19.2 Å². The number of rotatable bonds is 12. The number of aliphatic carboxylic acids is 1. The Morgan fingerprint density at radius 1 is 1.00 bits per heavy atom. The van der Waals surface area contributed by atoms with Gasteiger partial charge in [-0.15, -0.1) is 0 Å². The zero-order chi connectivity index (χ0) is 23.7. The lowest BCUT2D eigenvalue weighted by molar-refractivity contribution is -0.143. The maximum atomic E-state index is 13.0. The summed E-state index contributed by atoms with van der Waals surface area (Å²) in [6.07, 6.45) is 1.12. The molecule has 3 amide bonds. The van der Waals surface area contributed by atoms with Gasteiger partial charge in [0.05, 0.1) is 12.1 Å². The number of carbonyl (C=O) groups excluding carboxylic acids is 3. The molecule has 6 N–H and O–H groups in total. The van der Waals surface area contributed by atoms with E-state index in [2.05, 4.69) is 21.3 Å². The van der Waals surface area contributed by atoms with Gasteiger partial charge >= 0.3 is 5.97 Å². The molecule has 6 atom stereocenters. The molecule has 0 aliphatic carbocycles. The zero-order valence-corrected chi connectivity index (χ0v) is 19.1. The normalized spacial score (nSPS) is 20.9. The first-order valence-corrected chi connectivity index (χ1v) is 11.0. The van der Waals surface area contributed by atoms with Gasteiger partial charge in [-0.3, -0.25) is 14.4 Å². The number of aliphatic hydroxyl groups is 1. The summed E-state index contributed by atoms with van der Waals surface area (Å²) in [4.78, 5) is 49.6. The molecule has 0 saturated carbocycles. The highest BCUT2D eigenvalue weighted by Gasteiger charge is 2.35. The Morgan fingerprint density at radius 2 is 1.61 bits per heavy atom. The van der Waals surface area contributed by atoms with Crippen LogP contribution in [0.5, 0.6) is 0 Å². The molecule has 0 spiro atoms. The topological polar surface area (TPSA) is 157 Å². The van der Waals surface area contributed by atoms with Gasteiger partial charge in [-0.05, 0) is 44.6 Å². The molecule has 1 fully saturated rings. The molecular formula is C21H38N4O6. The molecule has 31 heavy (non-hydrogen) atoms. The van der Waals surface area contributed by atoms with Crippen LogP contribution in [0.1, 0.15) is 60.3 Å². The lowest BCUT2D eigenvalue weighted by atomic mass is 9.97. The van der Waals surface area contributed by atoms with Crippen LogP contribution in [0.4, 0.5) is 0 Å². The van der Waals surface area contributed by atoms with E-state index in [-0.39, 0.29) is 30.2 Å². The molecule has 10 nitrogen and oxygen atoms in total. The first-order chi connectivity index (χ1) is 14.5. The summed E-state index contributed by atoms with van der Waals surface area (Å²) in [7, 11) is 0. The van der Waals surface area contributed by atoms with Gasteiger partial charge in [0, 0.05) is 0 Å². The Bertz CT molecular complexity index is 633. The number of amides is 3. The molecular weight excluding hydrogens is 404 g/mol. The average Bonchev–Trinajstić information content (AvgIpc) is 3.22. The SMILES string of the molecule is CCC(C)C(NC(=O)C1CCCN1)C(=O)NC(C(=O)NC(CC(C)C)C(=O)O)C(C)O. The quantitative estimate of drug-likeness (QED) is 0.243. The summed E-state index contributed by atoms with van der Waals surface area (Å²) >= 11 is 0. The van der Waals surface area contributed by atoms with Crippen molar-refractivity contribution in [2.24, 2.45) is 11.8 Å². The van der Waals surface area contributed by atoms with E-state index >= 15 is 0 Å². The first kappa shape index (κ1) is 26.8.